The normalized spacial score (nSPS) is 18.4. The number of carbonyl (C=O) groups is 1. The molecule has 20 heavy (non-hydrogen) atoms. The van der Waals surface area contributed by atoms with E-state index in [2.05, 4.69) is 16.4 Å². The van der Waals surface area contributed by atoms with Crippen LogP contribution in [0.15, 0.2) is 18.3 Å². The number of nitrogens with zero attached hydrogens (tertiary/aromatic N) is 3. The van der Waals surface area contributed by atoms with Gasteiger partial charge in [-0.05, 0) is 31.4 Å². The zero-order valence-electron chi connectivity index (χ0n) is 11.8. The fraction of sp³-hybridized carbons (Fsp3) is 0.533. The summed E-state index contributed by atoms with van der Waals surface area (Å²) < 4.78 is 0. The standard InChI is InChI=1S/C15H20N4O/c1-12-4-2-7-17-14(12)6-8-18-15(20)19-9-3-5-13(10-16)11-19/h2,4,7,13H,3,5-6,8-9,11H2,1H3,(H,18,20). The first-order valence-corrected chi connectivity index (χ1v) is 7.03. The smallest absolute Gasteiger partial charge is 0.317 e. The molecular weight excluding hydrogens is 252 g/mol. The molecule has 5 nitrogen and oxygen atoms in total. The minimum absolute atomic E-state index is 0.0208. The summed E-state index contributed by atoms with van der Waals surface area (Å²) in [6.07, 6.45) is 4.30. The number of hydrogen-bond donors (Lipinski definition) is 1. The second-order valence-electron chi connectivity index (χ2n) is 5.16. The van der Waals surface area contributed by atoms with Crippen molar-refractivity contribution >= 4 is 6.03 Å². The number of aryl methyl sites for hydroxylation is 1. The average Bonchev–Trinajstić information content (AvgIpc) is 2.49. The molecule has 2 rings (SSSR count). The molecule has 1 saturated heterocycles. The number of urea groups is 1. The minimum atomic E-state index is -0.0708. The Labute approximate surface area is 119 Å². The van der Waals surface area contributed by atoms with Gasteiger partial charge in [-0.1, -0.05) is 6.07 Å². The SMILES string of the molecule is Cc1cccnc1CCNC(=O)N1CCCC(C#N)C1. The van der Waals surface area contributed by atoms with E-state index in [1.807, 2.05) is 19.1 Å². The predicted molar refractivity (Wildman–Crippen MR) is 76.0 cm³/mol. The van der Waals surface area contributed by atoms with Crippen molar-refractivity contribution in [2.24, 2.45) is 5.92 Å². The van der Waals surface area contributed by atoms with Gasteiger partial charge in [0.25, 0.3) is 0 Å². The van der Waals surface area contributed by atoms with E-state index in [1.165, 1.54) is 0 Å². The van der Waals surface area contributed by atoms with Crippen LogP contribution in [0.3, 0.4) is 0 Å². The Morgan fingerprint density at radius 3 is 3.25 bits per heavy atom. The number of pyridine rings is 1. The highest BCUT2D eigenvalue weighted by Gasteiger charge is 2.22. The Morgan fingerprint density at radius 2 is 2.50 bits per heavy atom. The number of likely N-dealkylation sites (tertiary alicyclic amines) is 1. The molecule has 1 aliphatic heterocycles. The molecule has 106 valence electrons. The van der Waals surface area contributed by atoms with Gasteiger partial charge >= 0.3 is 6.03 Å². The van der Waals surface area contributed by atoms with Gasteiger partial charge in [-0.3, -0.25) is 4.98 Å². The number of hydrogen-bond acceptors (Lipinski definition) is 3. The van der Waals surface area contributed by atoms with Crippen molar-refractivity contribution in [3.05, 3.63) is 29.6 Å². The van der Waals surface area contributed by atoms with Gasteiger partial charge in [0.05, 0.1) is 12.0 Å². The lowest BCUT2D eigenvalue weighted by Crippen LogP contribution is -2.45. The maximum atomic E-state index is 12.0. The van der Waals surface area contributed by atoms with Crippen molar-refractivity contribution in [1.29, 1.82) is 5.26 Å². The van der Waals surface area contributed by atoms with E-state index < -0.39 is 0 Å². The molecule has 1 atom stereocenters. The van der Waals surface area contributed by atoms with E-state index in [-0.39, 0.29) is 11.9 Å². The first kappa shape index (κ1) is 14.3. The molecule has 0 spiro atoms. The molecule has 0 saturated carbocycles. The monoisotopic (exact) mass is 272 g/mol. The Bertz CT molecular complexity index is 509. The highest BCUT2D eigenvalue weighted by atomic mass is 16.2. The van der Waals surface area contributed by atoms with Crippen LogP contribution < -0.4 is 5.32 Å². The van der Waals surface area contributed by atoms with Gasteiger partial charge in [-0.25, -0.2) is 4.79 Å². The molecule has 0 bridgehead atoms. The van der Waals surface area contributed by atoms with E-state index in [1.54, 1.807) is 11.1 Å². The van der Waals surface area contributed by atoms with Gasteiger partial charge in [0, 0.05) is 37.9 Å². The molecule has 0 radical (unpaired) electrons. The Kier molecular flexibility index (Phi) is 4.94. The van der Waals surface area contributed by atoms with E-state index in [0.29, 0.717) is 13.1 Å². The molecule has 2 amide bonds. The van der Waals surface area contributed by atoms with E-state index in [4.69, 9.17) is 5.26 Å². The van der Waals surface area contributed by atoms with Crippen molar-refractivity contribution in [3.8, 4) is 6.07 Å². The predicted octanol–water partition coefficient (Wildman–Crippen LogP) is 1.88. The second-order valence-corrected chi connectivity index (χ2v) is 5.16. The topological polar surface area (TPSA) is 69.0 Å². The van der Waals surface area contributed by atoms with Crippen LogP contribution in [-0.2, 0) is 6.42 Å². The van der Waals surface area contributed by atoms with Crippen LogP contribution in [0.25, 0.3) is 0 Å². The van der Waals surface area contributed by atoms with Crippen LogP contribution in [0.4, 0.5) is 4.79 Å². The van der Waals surface area contributed by atoms with Crippen LogP contribution in [0.5, 0.6) is 0 Å². The first-order valence-electron chi connectivity index (χ1n) is 7.03. The van der Waals surface area contributed by atoms with Crippen molar-refractivity contribution in [3.63, 3.8) is 0 Å². The molecule has 1 fully saturated rings. The fourth-order valence-electron chi connectivity index (χ4n) is 2.45. The molecule has 1 aliphatic rings. The Balaban J connectivity index is 1.78. The lowest BCUT2D eigenvalue weighted by Gasteiger charge is -2.29. The number of carbonyl (C=O) groups excluding carboxylic acids is 1. The number of piperidine rings is 1. The molecule has 0 aromatic carbocycles. The van der Waals surface area contributed by atoms with Gasteiger partial charge in [0.2, 0.25) is 0 Å². The zero-order valence-corrected chi connectivity index (χ0v) is 11.8. The number of nitriles is 1. The molecule has 2 heterocycles. The summed E-state index contributed by atoms with van der Waals surface area (Å²) >= 11 is 0. The third-order valence-corrected chi connectivity index (χ3v) is 3.65. The minimum Gasteiger partial charge on any atom is -0.338 e. The van der Waals surface area contributed by atoms with Crippen LogP contribution in [-0.4, -0.2) is 35.5 Å². The van der Waals surface area contributed by atoms with Crippen LogP contribution >= 0.6 is 0 Å². The van der Waals surface area contributed by atoms with Crippen molar-refractivity contribution in [1.82, 2.24) is 15.2 Å². The first-order chi connectivity index (χ1) is 9.70. The molecular formula is C15H20N4O. The summed E-state index contributed by atoms with van der Waals surface area (Å²) in [7, 11) is 0. The maximum absolute atomic E-state index is 12.0. The maximum Gasteiger partial charge on any atom is 0.317 e. The summed E-state index contributed by atoms with van der Waals surface area (Å²) in [5.74, 6) is -0.0208. The zero-order chi connectivity index (χ0) is 14.4. The summed E-state index contributed by atoms with van der Waals surface area (Å²) in [5.41, 5.74) is 2.16. The van der Waals surface area contributed by atoms with E-state index in [0.717, 1.165) is 37.1 Å². The number of aromatic nitrogens is 1. The highest BCUT2D eigenvalue weighted by Crippen LogP contribution is 2.15. The van der Waals surface area contributed by atoms with Gasteiger partial charge in [-0.15, -0.1) is 0 Å². The molecule has 5 heteroatoms. The fourth-order valence-corrected chi connectivity index (χ4v) is 2.45. The van der Waals surface area contributed by atoms with Crippen molar-refractivity contribution in [2.75, 3.05) is 19.6 Å². The van der Waals surface area contributed by atoms with Gasteiger partial charge in [0.15, 0.2) is 0 Å². The quantitative estimate of drug-likeness (QED) is 0.913. The molecule has 0 aliphatic carbocycles. The third kappa shape index (κ3) is 3.70. The number of rotatable bonds is 3. The molecule has 1 aromatic rings. The Morgan fingerprint density at radius 1 is 1.65 bits per heavy atom. The van der Waals surface area contributed by atoms with Gasteiger partial charge in [0.1, 0.15) is 0 Å². The summed E-state index contributed by atoms with van der Waals surface area (Å²) in [6.45, 7) is 3.88. The average molecular weight is 272 g/mol. The van der Waals surface area contributed by atoms with Gasteiger partial charge in [-0.2, -0.15) is 5.26 Å². The largest absolute Gasteiger partial charge is 0.338 e. The van der Waals surface area contributed by atoms with Crippen molar-refractivity contribution < 1.29 is 4.79 Å². The van der Waals surface area contributed by atoms with E-state index >= 15 is 0 Å². The third-order valence-electron chi connectivity index (χ3n) is 3.65. The lowest BCUT2D eigenvalue weighted by atomic mass is 10.0. The van der Waals surface area contributed by atoms with E-state index in [9.17, 15) is 4.79 Å². The number of nitrogens with one attached hydrogen (secondary N) is 1. The van der Waals surface area contributed by atoms with Crippen LogP contribution in [0, 0.1) is 24.2 Å². The summed E-state index contributed by atoms with van der Waals surface area (Å²) in [6, 6.07) is 6.11. The molecule has 1 unspecified atom stereocenters. The van der Waals surface area contributed by atoms with Gasteiger partial charge < -0.3 is 10.2 Å². The van der Waals surface area contributed by atoms with Crippen LogP contribution in [0.2, 0.25) is 0 Å². The Hall–Kier alpha value is -2.09. The molecule has 1 N–H and O–H groups in total. The van der Waals surface area contributed by atoms with Crippen LogP contribution in [0.1, 0.15) is 24.1 Å². The summed E-state index contributed by atoms with van der Waals surface area (Å²) in [5, 5.41) is 11.8. The lowest BCUT2D eigenvalue weighted by molar-refractivity contribution is 0.176. The summed E-state index contributed by atoms with van der Waals surface area (Å²) in [4.78, 5) is 18.1. The molecule has 1 aromatic heterocycles. The highest BCUT2D eigenvalue weighted by molar-refractivity contribution is 5.74. The van der Waals surface area contributed by atoms with Crippen molar-refractivity contribution in [2.45, 2.75) is 26.2 Å². The second kappa shape index (κ2) is 6.90. The number of amides is 2.